The summed E-state index contributed by atoms with van der Waals surface area (Å²) >= 11 is 0. The van der Waals surface area contributed by atoms with Gasteiger partial charge in [0.15, 0.2) is 23.0 Å². The van der Waals surface area contributed by atoms with E-state index in [0.717, 1.165) is 73.8 Å². The fraction of sp³-hybridized carbons (Fsp3) is 0.0217. The lowest BCUT2D eigenvalue weighted by Gasteiger charge is -2.37. The second-order valence-electron chi connectivity index (χ2n) is 13.3. The molecule has 0 aliphatic carbocycles. The van der Waals surface area contributed by atoms with E-state index in [-0.39, 0.29) is 6.04 Å². The van der Waals surface area contributed by atoms with Crippen LogP contribution >= 0.6 is 0 Å². The molecule has 5 nitrogen and oxygen atoms in total. The highest BCUT2D eigenvalue weighted by Crippen LogP contribution is 2.59. The zero-order valence-corrected chi connectivity index (χ0v) is 27.4. The SMILES string of the molecule is c1ccc2c(c1)Oc1cccc3c1N2c1ccc(-c2ccc4c(c2)N=C(c2ccc5ccccc5c2)C(c2ccc5ccccc5c2)N4)cc1O3. The van der Waals surface area contributed by atoms with Crippen molar-refractivity contribution in [2.45, 2.75) is 6.04 Å². The summed E-state index contributed by atoms with van der Waals surface area (Å²) in [6.45, 7) is 0. The Morgan fingerprint density at radius 1 is 0.471 bits per heavy atom. The van der Waals surface area contributed by atoms with Crippen molar-refractivity contribution in [3.63, 3.8) is 0 Å². The van der Waals surface area contributed by atoms with Crippen molar-refractivity contribution < 1.29 is 9.47 Å². The molecule has 3 heterocycles. The van der Waals surface area contributed by atoms with Crippen molar-refractivity contribution in [2.75, 3.05) is 10.2 Å². The molecule has 0 saturated heterocycles. The maximum atomic E-state index is 6.56. The molecule has 0 fully saturated rings. The highest BCUT2D eigenvalue weighted by Gasteiger charge is 2.34. The molecule has 5 heteroatoms. The Balaban J connectivity index is 1.02. The summed E-state index contributed by atoms with van der Waals surface area (Å²) in [7, 11) is 0. The number of nitrogens with zero attached hydrogens (tertiary/aromatic N) is 2. The highest BCUT2D eigenvalue weighted by molar-refractivity contribution is 6.12. The lowest BCUT2D eigenvalue weighted by molar-refractivity contribution is 0.446. The van der Waals surface area contributed by atoms with E-state index in [9.17, 15) is 0 Å². The minimum atomic E-state index is -0.118. The van der Waals surface area contributed by atoms with E-state index in [1.165, 1.54) is 27.1 Å². The van der Waals surface area contributed by atoms with Crippen LogP contribution in [0.3, 0.4) is 0 Å². The van der Waals surface area contributed by atoms with Crippen LogP contribution in [0.5, 0.6) is 23.0 Å². The Kier molecular flexibility index (Phi) is 5.95. The molecule has 0 aromatic heterocycles. The van der Waals surface area contributed by atoms with E-state index >= 15 is 0 Å². The summed E-state index contributed by atoms with van der Waals surface area (Å²) < 4.78 is 12.8. The summed E-state index contributed by atoms with van der Waals surface area (Å²) in [5, 5.41) is 8.72. The van der Waals surface area contributed by atoms with Gasteiger partial charge in [0.05, 0.1) is 34.5 Å². The van der Waals surface area contributed by atoms with Crippen LogP contribution in [0.4, 0.5) is 28.4 Å². The third-order valence-corrected chi connectivity index (χ3v) is 10.2. The molecule has 1 unspecified atom stereocenters. The van der Waals surface area contributed by atoms with Gasteiger partial charge in [0.2, 0.25) is 0 Å². The van der Waals surface area contributed by atoms with Gasteiger partial charge in [-0.2, -0.15) is 0 Å². The van der Waals surface area contributed by atoms with Crippen LogP contribution in [0.25, 0.3) is 32.7 Å². The number of nitrogens with one attached hydrogen (secondary N) is 1. The number of anilines is 4. The number of benzene rings is 8. The van der Waals surface area contributed by atoms with E-state index in [4.69, 9.17) is 14.5 Å². The fourth-order valence-corrected chi connectivity index (χ4v) is 7.74. The van der Waals surface area contributed by atoms with Crippen LogP contribution in [0.15, 0.2) is 169 Å². The van der Waals surface area contributed by atoms with E-state index in [1.54, 1.807) is 0 Å². The first-order valence-corrected chi connectivity index (χ1v) is 17.2. The summed E-state index contributed by atoms with van der Waals surface area (Å²) in [6, 6.07) is 57.3. The van der Waals surface area contributed by atoms with Crippen molar-refractivity contribution in [1.82, 2.24) is 0 Å². The monoisotopic (exact) mass is 655 g/mol. The fourth-order valence-electron chi connectivity index (χ4n) is 7.74. The minimum absolute atomic E-state index is 0.118. The van der Waals surface area contributed by atoms with E-state index in [2.05, 4.69) is 138 Å². The molecular formula is C46H29N3O2. The number of para-hydroxylation sites is 3. The van der Waals surface area contributed by atoms with Crippen molar-refractivity contribution in [3.05, 3.63) is 175 Å². The zero-order valence-electron chi connectivity index (χ0n) is 27.4. The molecule has 1 atom stereocenters. The Labute approximate surface area is 294 Å². The first kappa shape index (κ1) is 28.0. The quantitative estimate of drug-likeness (QED) is 0.206. The van der Waals surface area contributed by atoms with E-state index in [1.807, 2.05) is 36.4 Å². The van der Waals surface area contributed by atoms with Crippen LogP contribution in [0, 0.1) is 0 Å². The molecule has 1 N–H and O–H groups in total. The molecule has 0 saturated carbocycles. The van der Waals surface area contributed by atoms with Crippen LogP contribution in [-0.4, -0.2) is 5.71 Å². The largest absolute Gasteiger partial charge is 0.453 e. The number of aliphatic imine (C=N–C) groups is 1. The Hall–Kier alpha value is -6.85. The van der Waals surface area contributed by atoms with Crippen molar-refractivity contribution >= 4 is 55.7 Å². The van der Waals surface area contributed by atoms with Gasteiger partial charge >= 0.3 is 0 Å². The topological polar surface area (TPSA) is 46.1 Å². The summed E-state index contributed by atoms with van der Waals surface area (Å²) in [4.78, 5) is 7.68. The van der Waals surface area contributed by atoms with Crippen LogP contribution in [0.1, 0.15) is 17.2 Å². The van der Waals surface area contributed by atoms with Crippen molar-refractivity contribution in [2.24, 2.45) is 4.99 Å². The number of hydrogen-bond donors (Lipinski definition) is 1. The van der Waals surface area contributed by atoms with Gasteiger partial charge in [0.1, 0.15) is 5.69 Å². The summed E-state index contributed by atoms with van der Waals surface area (Å²) in [5.41, 5.74) is 10.2. The maximum absolute atomic E-state index is 6.56. The van der Waals surface area contributed by atoms with Gasteiger partial charge in [0, 0.05) is 0 Å². The molecule has 3 aliphatic heterocycles. The standard InChI is InChI=1S/C46H29N3O2/c1-3-10-30-24-34(18-16-28(30)8-1)44-45(35-19-17-29-9-2-4-11-31(29)25-35)48-37-26-32(20-22-36(37)47-44)33-21-23-39-43(27-33)51-42-15-7-14-41-46(42)49(39)38-12-5-6-13-40(38)50-41/h1-27,44,47H. The van der Waals surface area contributed by atoms with Crippen LogP contribution in [0.2, 0.25) is 0 Å². The van der Waals surface area contributed by atoms with Gasteiger partial charge in [-0.1, -0.05) is 103 Å². The molecule has 8 aromatic carbocycles. The van der Waals surface area contributed by atoms with Gasteiger partial charge in [-0.25, -0.2) is 4.99 Å². The average molecular weight is 656 g/mol. The van der Waals surface area contributed by atoms with E-state index in [0.29, 0.717) is 0 Å². The average Bonchev–Trinajstić information content (AvgIpc) is 3.19. The Bertz CT molecular complexity index is 2770. The Morgan fingerprint density at radius 3 is 1.94 bits per heavy atom. The maximum Gasteiger partial charge on any atom is 0.155 e. The molecule has 240 valence electrons. The molecule has 3 aliphatic rings. The Morgan fingerprint density at radius 2 is 1.10 bits per heavy atom. The van der Waals surface area contributed by atoms with Crippen LogP contribution < -0.4 is 19.7 Å². The van der Waals surface area contributed by atoms with E-state index < -0.39 is 0 Å². The smallest absolute Gasteiger partial charge is 0.155 e. The molecule has 0 spiro atoms. The van der Waals surface area contributed by atoms with Crippen molar-refractivity contribution in [3.8, 4) is 34.1 Å². The van der Waals surface area contributed by atoms with Gasteiger partial charge in [0.25, 0.3) is 0 Å². The van der Waals surface area contributed by atoms with Gasteiger partial charge in [-0.3, -0.25) is 4.90 Å². The summed E-state index contributed by atoms with van der Waals surface area (Å²) in [5.74, 6) is 3.17. The highest BCUT2D eigenvalue weighted by atomic mass is 16.5. The van der Waals surface area contributed by atoms with Gasteiger partial charge in [-0.05, 0) is 104 Å². The number of ether oxygens (including phenoxy) is 2. The molecule has 51 heavy (non-hydrogen) atoms. The lowest BCUT2D eigenvalue weighted by atomic mass is 9.91. The van der Waals surface area contributed by atoms with Crippen molar-refractivity contribution in [1.29, 1.82) is 0 Å². The molecule has 0 radical (unpaired) electrons. The molecule has 8 aromatic rings. The van der Waals surface area contributed by atoms with Gasteiger partial charge < -0.3 is 14.8 Å². The number of fused-ring (bicyclic) bond motifs is 7. The molecule has 0 bridgehead atoms. The third-order valence-electron chi connectivity index (χ3n) is 10.2. The number of hydrogen-bond acceptors (Lipinski definition) is 5. The molecule has 0 amide bonds. The second kappa shape index (κ2) is 10.8. The molecular weight excluding hydrogens is 627 g/mol. The summed E-state index contributed by atoms with van der Waals surface area (Å²) in [6.07, 6.45) is 0. The first-order chi connectivity index (χ1) is 25.2. The third kappa shape index (κ3) is 4.45. The molecule has 11 rings (SSSR count). The normalized spacial score (nSPS) is 15.0. The van der Waals surface area contributed by atoms with Crippen LogP contribution in [-0.2, 0) is 0 Å². The first-order valence-electron chi connectivity index (χ1n) is 17.2. The second-order valence-corrected chi connectivity index (χ2v) is 13.3. The zero-order chi connectivity index (χ0) is 33.5. The number of rotatable bonds is 3. The minimum Gasteiger partial charge on any atom is -0.453 e. The lowest BCUT2D eigenvalue weighted by Crippen LogP contribution is -2.25. The predicted octanol–water partition coefficient (Wildman–Crippen LogP) is 12.6. The predicted molar refractivity (Wildman–Crippen MR) is 207 cm³/mol. The van der Waals surface area contributed by atoms with Gasteiger partial charge in [-0.15, -0.1) is 0 Å².